The summed E-state index contributed by atoms with van der Waals surface area (Å²) in [5.74, 6) is -0.0799. The molecule has 0 unspecified atom stereocenters. The van der Waals surface area contributed by atoms with Crippen molar-refractivity contribution in [3.8, 4) is 0 Å². The Bertz CT molecular complexity index is 251. The molecule has 0 aromatic carbocycles. The number of unbranched alkanes of at least 4 members (excludes halogenated alkanes) is 9. The molecule has 0 heterocycles. The van der Waals surface area contributed by atoms with Gasteiger partial charge in [0.05, 0.1) is 5.75 Å². The van der Waals surface area contributed by atoms with E-state index in [2.05, 4.69) is 6.92 Å². The van der Waals surface area contributed by atoms with Gasteiger partial charge in [-0.15, -0.1) is 0 Å². The van der Waals surface area contributed by atoms with E-state index in [1.165, 1.54) is 44.9 Å². The van der Waals surface area contributed by atoms with Crippen molar-refractivity contribution in [3.63, 3.8) is 0 Å². The first kappa shape index (κ1) is 24.8. The van der Waals surface area contributed by atoms with E-state index in [-0.39, 0.29) is 62.9 Å². The van der Waals surface area contributed by atoms with Gasteiger partial charge in [0.15, 0.2) is 0 Å². The molecule has 0 aromatic rings. The molecule has 0 aliphatic heterocycles. The second-order valence-electron chi connectivity index (χ2n) is 4.47. The van der Waals surface area contributed by atoms with Gasteiger partial charge in [-0.2, -0.15) is 8.42 Å². The fourth-order valence-corrected chi connectivity index (χ4v) is 2.34. The van der Waals surface area contributed by atoms with Gasteiger partial charge in [0.2, 0.25) is 0 Å². The molecule has 0 spiro atoms. The van der Waals surface area contributed by atoms with E-state index in [9.17, 15) is 8.42 Å². The van der Waals surface area contributed by atoms with Crippen LogP contribution in [0.4, 0.5) is 0 Å². The van der Waals surface area contributed by atoms with E-state index in [1.54, 1.807) is 0 Å². The Labute approximate surface area is 156 Å². The van der Waals surface area contributed by atoms with Crippen molar-refractivity contribution in [1.29, 1.82) is 0 Å². The Morgan fingerprint density at radius 2 is 1.17 bits per heavy atom. The van der Waals surface area contributed by atoms with Gasteiger partial charge in [0.25, 0.3) is 10.1 Å². The summed E-state index contributed by atoms with van der Waals surface area (Å²) < 4.78 is 29.4. The van der Waals surface area contributed by atoms with Crippen molar-refractivity contribution in [1.82, 2.24) is 0 Å². The zero-order valence-corrected chi connectivity index (χ0v) is 17.2. The molecule has 0 saturated heterocycles. The molecule has 0 radical (unpaired) electrons. The minimum Gasteiger partial charge on any atom is -1.00 e. The first-order chi connectivity index (χ1) is 7.56. The normalized spacial score (nSPS) is 10.6. The summed E-state index contributed by atoms with van der Waals surface area (Å²) in [6.45, 7) is 2.22. The van der Waals surface area contributed by atoms with Crippen LogP contribution in [-0.4, -0.2) is 18.7 Å². The van der Waals surface area contributed by atoms with Gasteiger partial charge < -0.3 is 1.43 Å². The molecule has 0 fully saturated rings. The van der Waals surface area contributed by atoms with Crippen LogP contribution in [0, 0.1) is 0 Å². The molecule has 6 heteroatoms. The topological polar surface area (TPSA) is 54.4 Å². The van der Waals surface area contributed by atoms with Crippen molar-refractivity contribution in [2.24, 2.45) is 0 Å². The number of hydrogen-bond acceptors (Lipinski definition) is 2. The van der Waals surface area contributed by atoms with Gasteiger partial charge in [-0.3, -0.25) is 4.55 Å². The van der Waals surface area contributed by atoms with E-state index >= 15 is 0 Å². The van der Waals surface area contributed by atoms with Crippen LogP contribution >= 0.6 is 0 Å². The third kappa shape index (κ3) is 22.9. The third-order valence-electron chi connectivity index (χ3n) is 2.76. The van der Waals surface area contributed by atoms with Crippen LogP contribution in [-0.2, 0) is 36.3 Å². The number of rotatable bonds is 11. The Hall–Kier alpha value is 1.79. The van der Waals surface area contributed by atoms with Crippen LogP contribution in [0.1, 0.15) is 72.6 Å². The van der Waals surface area contributed by atoms with Gasteiger partial charge in [-0.05, 0) is 6.42 Å². The van der Waals surface area contributed by atoms with Crippen LogP contribution in [0.15, 0.2) is 0 Å². The van der Waals surface area contributed by atoms with Gasteiger partial charge in [-0.1, -0.05) is 64.7 Å². The average molecular weight is 366 g/mol. The average Bonchev–Trinajstić information content (AvgIpc) is 2.19. The molecule has 0 aliphatic carbocycles. The molecule has 0 rings (SSSR count). The molecular weight excluding hydrogens is 338 g/mol. The minimum atomic E-state index is -3.73. The molecule has 18 heavy (non-hydrogen) atoms. The smallest absolute Gasteiger partial charge is 1.00 e. The van der Waals surface area contributed by atoms with E-state index in [4.69, 9.17) is 4.55 Å². The van der Waals surface area contributed by atoms with Crippen LogP contribution in [0.3, 0.4) is 0 Å². The van der Waals surface area contributed by atoms with E-state index in [0.29, 0.717) is 6.42 Å². The van der Waals surface area contributed by atoms with Crippen LogP contribution in [0.25, 0.3) is 0 Å². The minimum absolute atomic E-state index is 0. The van der Waals surface area contributed by atoms with Crippen molar-refractivity contribution in [3.05, 3.63) is 0 Å². The van der Waals surface area contributed by atoms with E-state index in [1.807, 2.05) is 0 Å². The molecule has 0 aliphatic rings. The van der Waals surface area contributed by atoms with Gasteiger partial charge >= 0.3 is 29.6 Å². The maximum absolute atomic E-state index is 10.4. The fourth-order valence-electron chi connectivity index (χ4n) is 1.77. The first-order valence-corrected chi connectivity index (χ1v) is 8.12. The van der Waals surface area contributed by atoms with E-state index < -0.39 is 10.1 Å². The van der Waals surface area contributed by atoms with Crippen molar-refractivity contribution < 1.29 is 70.2 Å². The van der Waals surface area contributed by atoms with Crippen LogP contribution in [0.5, 0.6) is 0 Å². The zero-order chi connectivity index (χ0) is 12.3. The quantitative estimate of drug-likeness (QED) is 0.336. The second kappa shape index (κ2) is 16.8. The number of hydrogen-bond donors (Lipinski definition) is 1. The SMILES string of the molecule is CCCCCCCCCCCCS(=O)(=O)O.[H-].[Na+].[Zr]. The van der Waals surface area contributed by atoms with E-state index in [0.717, 1.165) is 12.8 Å². The fraction of sp³-hybridized carbons (Fsp3) is 1.00. The summed E-state index contributed by atoms with van der Waals surface area (Å²) in [6.07, 6.45) is 11.7. The predicted octanol–water partition coefficient (Wildman–Crippen LogP) is 0.909. The maximum atomic E-state index is 10.4. The van der Waals surface area contributed by atoms with Crippen molar-refractivity contribution >= 4 is 10.1 Å². The monoisotopic (exact) mass is 364 g/mol. The molecule has 0 saturated carbocycles. The van der Waals surface area contributed by atoms with Crippen molar-refractivity contribution in [2.45, 2.75) is 71.1 Å². The van der Waals surface area contributed by atoms with Gasteiger partial charge in [0.1, 0.15) is 0 Å². The molecule has 0 amide bonds. The third-order valence-corrected chi connectivity index (χ3v) is 3.56. The predicted molar refractivity (Wildman–Crippen MR) is 69.4 cm³/mol. The second-order valence-corrected chi connectivity index (χ2v) is 6.04. The Morgan fingerprint density at radius 3 is 1.50 bits per heavy atom. The molecule has 0 bridgehead atoms. The first-order valence-electron chi connectivity index (χ1n) is 6.51. The molecule has 0 atom stereocenters. The Balaban J connectivity index is -0.000000375. The van der Waals surface area contributed by atoms with Crippen molar-refractivity contribution in [2.75, 3.05) is 5.75 Å². The standard InChI is InChI=1S/C12H26O3S.Na.Zr.H/c1-2-3-4-5-6-7-8-9-10-11-12-16(13,14)15;;;/h2-12H2,1H3,(H,13,14,15);;;/q;+1;;-1. The summed E-state index contributed by atoms with van der Waals surface area (Å²) in [4.78, 5) is 0. The molecule has 0 aromatic heterocycles. The Morgan fingerprint density at radius 1 is 0.833 bits per heavy atom. The molecule has 104 valence electrons. The molecule has 3 nitrogen and oxygen atoms in total. The summed E-state index contributed by atoms with van der Waals surface area (Å²) in [5.41, 5.74) is 0. The van der Waals surface area contributed by atoms with Gasteiger partial charge in [-0.25, -0.2) is 0 Å². The van der Waals surface area contributed by atoms with Crippen LogP contribution < -0.4 is 29.6 Å². The summed E-state index contributed by atoms with van der Waals surface area (Å²) in [7, 11) is -3.73. The summed E-state index contributed by atoms with van der Waals surface area (Å²) in [5, 5.41) is 0. The zero-order valence-electron chi connectivity index (χ0n) is 13.0. The maximum Gasteiger partial charge on any atom is 1.00 e. The largest absolute Gasteiger partial charge is 1.00 e. The Kier molecular flexibility index (Phi) is 23.2. The van der Waals surface area contributed by atoms with Crippen LogP contribution in [0.2, 0.25) is 0 Å². The molecule has 1 N–H and O–H groups in total. The molecular formula is C12H27NaO3SZr. The summed E-state index contributed by atoms with van der Waals surface area (Å²) >= 11 is 0. The summed E-state index contributed by atoms with van der Waals surface area (Å²) in [6, 6.07) is 0. The van der Waals surface area contributed by atoms with Gasteiger partial charge in [0, 0.05) is 26.2 Å².